The van der Waals surface area contributed by atoms with Crippen LogP contribution in [0.15, 0.2) is 40.9 Å². The number of aryl methyl sites for hydroxylation is 1. The summed E-state index contributed by atoms with van der Waals surface area (Å²) in [6.45, 7) is 6.99. The molecule has 0 unspecified atom stereocenters. The zero-order valence-electron chi connectivity index (χ0n) is 14.2. The van der Waals surface area contributed by atoms with Crippen molar-refractivity contribution in [2.45, 2.75) is 32.5 Å². The fourth-order valence-electron chi connectivity index (χ4n) is 2.83. The molecule has 1 aromatic carbocycles. The Labute approximate surface area is 141 Å². The van der Waals surface area contributed by atoms with E-state index in [1.54, 1.807) is 18.0 Å². The van der Waals surface area contributed by atoms with Crippen LogP contribution in [0.3, 0.4) is 0 Å². The first-order chi connectivity index (χ1) is 11.4. The number of morpholine rings is 1. The Balaban J connectivity index is 1.67. The molecule has 0 bridgehead atoms. The first-order valence-electron chi connectivity index (χ1n) is 8.00. The minimum atomic E-state index is -0.458. The van der Waals surface area contributed by atoms with Crippen LogP contribution in [0.1, 0.15) is 30.3 Å². The Kier molecular flexibility index (Phi) is 4.57. The quantitative estimate of drug-likeness (QED) is 0.862. The number of rotatable bonds is 4. The number of oxazole rings is 1. The topological polar surface area (TPSA) is 64.8 Å². The lowest BCUT2D eigenvalue weighted by molar-refractivity contribution is -0.137. The summed E-state index contributed by atoms with van der Waals surface area (Å²) in [6, 6.07) is 9.56. The third-order valence-corrected chi connectivity index (χ3v) is 3.75. The molecule has 0 saturated carbocycles. The molecular weight excluding hydrogens is 308 g/mol. The number of hydrogen-bond acceptors (Lipinski definition) is 5. The Bertz CT molecular complexity index is 696. The van der Waals surface area contributed by atoms with Crippen LogP contribution in [0.4, 0.5) is 0 Å². The first kappa shape index (κ1) is 16.5. The summed E-state index contributed by atoms with van der Waals surface area (Å²) in [6.07, 6.45) is 1.34. The van der Waals surface area contributed by atoms with Crippen molar-refractivity contribution >= 4 is 5.91 Å². The number of benzene rings is 1. The minimum absolute atomic E-state index is 0.118. The molecule has 128 valence electrons. The highest BCUT2D eigenvalue weighted by atomic mass is 16.5. The molecule has 1 aromatic heterocycles. The molecule has 1 atom stereocenters. The summed E-state index contributed by atoms with van der Waals surface area (Å²) in [7, 11) is 0. The fourth-order valence-corrected chi connectivity index (χ4v) is 2.83. The normalized spacial score (nSPS) is 20.0. The third-order valence-electron chi connectivity index (χ3n) is 3.75. The zero-order chi connectivity index (χ0) is 17.2. The molecule has 2 heterocycles. The van der Waals surface area contributed by atoms with E-state index in [4.69, 9.17) is 13.9 Å². The average molecular weight is 330 g/mol. The van der Waals surface area contributed by atoms with Gasteiger partial charge < -0.3 is 18.8 Å². The van der Waals surface area contributed by atoms with Crippen molar-refractivity contribution in [2.75, 3.05) is 19.7 Å². The van der Waals surface area contributed by atoms with E-state index in [2.05, 4.69) is 4.98 Å². The van der Waals surface area contributed by atoms with Gasteiger partial charge in [-0.3, -0.25) is 4.79 Å². The van der Waals surface area contributed by atoms with Gasteiger partial charge in [-0.15, -0.1) is 0 Å². The first-order valence-corrected chi connectivity index (χ1v) is 8.00. The molecule has 0 aliphatic carbocycles. The van der Waals surface area contributed by atoms with Crippen molar-refractivity contribution in [2.24, 2.45) is 0 Å². The number of hydrogen-bond donors (Lipinski definition) is 0. The lowest BCUT2D eigenvalue weighted by atomic mass is 10.1. The van der Waals surface area contributed by atoms with E-state index in [0.29, 0.717) is 25.5 Å². The Morgan fingerprint density at radius 3 is 2.79 bits per heavy atom. The van der Waals surface area contributed by atoms with Gasteiger partial charge in [0.2, 0.25) is 0 Å². The van der Waals surface area contributed by atoms with E-state index in [9.17, 15) is 4.79 Å². The van der Waals surface area contributed by atoms with E-state index in [1.807, 2.05) is 44.2 Å². The summed E-state index contributed by atoms with van der Waals surface area (Å²) in [5, 5.41) is 0. The van der Waals surface area contributed by atoms with Gasteiger partial charge >= 0.3 is 5.91 Å². The molecule has 6 heteroatoms. The number of ether oxygens (including phenoxy) is 2. The van der Waals surface area contributed by atoms with E-state index in [-0.39, 0.29) is 17.9 Å². The number of nitrogens with zero attached hydrogens (tertiary/aromatic N) is 2. The summed E-state index contributed by atoms with van der Waals surface area (Å²) in [5.74, 6) is 1.30. The molecule has 1 aliphatic rings. The highest BCUT2D eigenvalue weighted by Gasteiger charge is 2.37. The molecule has 3 rings (SSSR count). The molecule has 1 amide bonds. The predicted octanol–water partition coefficient (Wildman–Crippen LogP) is 2.68. The van der Waals surface area contributed by atoms with Crippen LogP contribution in [0, 0.1) is 6.92 Å². The maximum Gasteiger partial charge on any atom is 0.309 e. The van der Waals surface area contributed by atoms with Gasteiger partial charge in [0.15, 0.2) is 0 Å². The second-order valence-electron chi connectivity index (χ2n) is 6.59. The van der Waals surface area contributed by atoms with E-state index in [0.717, 1.165) is 5.75 Å². The second kappa shape index (κ2) is 6.65. The smallest absolute Gasteiger partial charge is 0.309 e. The van der Waals surface area contributed by atoms with Crippen LogP contribution in [-0.2, 0) is 4.74 Å². The number of para-hydroxylation sites is 1. The fraction of sp³-hybridized carbons (Fsp3) is 0.444. The lowest BCUT2D eigenvalue weighted by Crippen LogP contribution is -2.56. The monoisotopic (exact) mass is 330 g/mol. The van der Waals surface area contributed by atoms with Crippen LogP contribution in [0.2, 0.25) is 0 Å². The van der Waals surface area contributed by atoms with Gasteiger partial charge in [-0.25, -0.2) is 4.98 Å². The molecule has 0 spiro atoms. The Morgan fingerprint density at radius 1 is 1.38 bits per heavy atom. The molecular formula is C18H22N2O4. The second-order valence-corrected chi connectivity index (χ2v) is 6.59. The molecule has 1 aliphatic heterocycles. The van der Waals surface area contributed by atoms with Crippen molar-refractivity contribution < 1.29 is 18.7 Å². The maximum absolute atomic E-state index is 12.6. The van der Waals surface area contributed by atoms with Crippen molar-refractivity contribution in [3.05, 3.63) is 48.2 Å². The largest absolute Gasteiger partial charge is 0.491 e. The van der Waals surface area contributed by atoms with Crippen LogP contribution >= 0.6 is 0 Å². The standard InChI is InChI=1S/C18H22N2O4/c1-13-9-19-16(23-13)17(21)20-10-15(24-18(2,3)12-20)11-22-14-7-5-4-6-8-14/h4-9,15H,10-12H2,1-3H3/t15-/m0/s1. The van der Waals surface area contributed by atoms with E-state index in [1.165, 1.54) is 0 Å². The number of carbonyl (C=O) groups excluding carboxylic acids is 1. The highest BCUT2D eigenvalue weighted by Crippen LogP contribution is 2.23. The van der Waals surface area contributed by atoms with Gasteiger partial charge in [0.25, 0.3) is 5.89 Å². The predicted molar refractivity (Wildman–Crippen MR) is 88.0 cm³/mol. The molecule has 1 saturated heterocycles. The Hall–Kier alpha value is -2.34. The molecule has 0 radical (unpaired) electrons. The highest BCUT2D eigenvalue weighted by molar-refractivity contribution is 5.89. The van der Waals surface area contributed by atoms with Gasteiger partial charge in [0.1, 0.15) is 24.2 Å². The van der Waals surface area contributed by atoms with Gasteiger partial charge in [-0.2, -0.15) is 0 Å². The van der Waals surface area contributed by atoms with Crippen molar-refractivity contribution in [3.63, 3.8) is 0 Å². The van der Waals surface area contributed by atoms with Crippen molar-refractivity contribution in [1.29, 1.82) is 0 Å². The number of carbonyl (C=O) groups is 1. The number of aromatic nitrogens is 1. The summed E-state index contributed by atoms with van der Waals surface area (Å²) in [4.78, 5) is 18.3. The average Bonchev–Trinajstić information content (AvgIpc) is 2.98. The number of amides is 1. The minimum Gasteiger partial charge on any atom is -0.491 e. The summed E-state index contributed by atoms with van der Waals surface area (Å²) in [5.41, 5.74) is -0.458. The SMILES string of the molecule is Cc1cnc(C(=O)N2C[C@@H](COc3ccccc3)OC(C)(C)C2)o1. The van der Waals surface area contributed by atoms with E-state index < -0.39 is 5.60 Å². The van der Waals surface area contributed by atoms with Crippen molar-refractivity contribution in [1.82, 2.24) is 9.88 Å². The maximum atomic E-state index is 12.6. The van der Waals surface area contributed by atoms with Crippen LogP contribution in [0.25, 0.3) is 0 Å². The molecule has 6 nitrogen and oxygen atoms in total. The molecule has 2 aromatic rings. The molecule has 0 N–H and O–H groups in total. The van der Waals surface area contributed by atoms with E-state index >= 15 is 0 Å². The Morgan fingerprint density at radius 2 is 2.12 bits per heavy atom. The molecule has 24 heavy (non-hydrogen) atoms. The van der Waals surface area contributed by atoms with Gasteiger partial charge in [-0.05, 0) is 32.9 Å². The van der Waals surface area contributed by atoms with Crippen molar-refractivity contribution in [3.8, 4) is 5.75 Å². The zero-order valence-corrected chi connectivity index (χ0v) is 14.2. The van der Waals surface area contributed by atoms with Gasteiger partial charge in [0, 0.05) is 6.54 Å². The van der Waals surface area contributed by atoms with Crippen LogP contribution in [-0.4, -0.2) is 47.2 Å². The third kappa shape index (κ3) is 3.94. The summed E-state index contributed by atoms with van der Waals surface area (Å²) >= 11 is 0. The molecule has 1 fully saturated rings. The van der Waals surface area contributed by atoms with Crippen LogP contribution in [0.5, 0.6) is 5.75 Å². The van der Waals surface area contributed by atoms with Crippen LogP contribution < -0.4 is 4.74 Å². The lowest BCUT2D eigenvalue weighted by Gasteiger charge is -2.42. The summed E-state index contributed by atoms with van der Waals surface area (Å²) < 4.78 is 17.2. The van der Waals surface area contributed by atoms with Gasteiger partial charge in [0.05, 0.1) is 18.3 Å². The van der Waals surface area contributed by atoms with Gasteiger partial charge in [-0.1, -0.05) is 18.2 Å².